The highest BCUT2D eigenvalue weighted by Gasteiger charge is 2.27. The highest BCUT2D eigenvalue weighted by molar-refractivity contribution is 5.81. The van der Waals surface area contributed by atoms with Crippen molar-refractivity contribution in [2.24, 2.45) is 10.9 Å². The number of nitrogens with one attached hydrogen (secondary N) is 2. The Kier molecular flexibility index (Phi) is 6.05. The Morgan fingerprint density at radius 3 is 2.96 bits per heavy atom. The van der Waals surface area contributed by atoms with Crippen LogP contribution in [0.3, 0.4) is 0 Å². The maximum absolute atomic E-state index is 12.1. The molecule has 144 valence electrons. The molecule has 1 amide bonds. The summed E-state index contributed by atoms with van der Waals surface area (Å²) in [6.07, 6.45) is 8.04. The summed E-state index contributed by atoms with van der Waals surface area (Å²) in [5.74, 6) is 1.82. The van der Waals surface area contributed by atoms with Crippen molar-refractivity contribution in [1.29, 1.82) is 0 Å². The van der Waals surface area contributed by atoms with Crippen LogP contribution in [-0.4, -0.2) is 57.5 Å². The number of amides is 1. The van der Waals surface area contributed by atoms with Crippen molar-refractivity contribution < 1.29 is 4.79 Å². The summed E-state index contributed by atoms with van der Waals surface area (Å²) < 4.78 is 1.87. The first kappa shape index (κ1) is 18.9. The highest BCUT2D eigenvalue weighted by Crippen LogP contribution is 2.13. The Bertz CT molecular complexity index is 785. The van der Waals surface area contributed by atoms with Gasteiger partial charge in [-0.1, -0.05) is 13.8 Å². The Hall–Kier alpha value is -2.90. The number of pyridine rings is 1. The molecule has 1 aliphatic rings. The zero-order valence-corrected chi connectivity index (χ0v) is 16.1. The second kappa shape index (κ2) is 8.66. The molecule has 3 rings (SSSR count). The standard InChI is InChI=1S/C19H27N7O/c1-14(2)18(27)25-8-5-16(12-25)24-19(20-3)23-11-15-4-6-22-17(10-15)26-9-7-21-13-26/h4,6-7,9-10,13-14,16H,5,8,11-12H2,1-3H3,(H2,20,23,24). The first-order chi connectivity index (χ1) is 13.1. The predicted octanol–water partition coefficient (Wildman–Crippen LogP) is 1.19. The summed E-state index contributed by atoms with van der Waals surface area (Å²) >= 11 is 0. The van der Waals surface area contributed by atoms with E-state index in [4.69, 9.17) is 0 Å². The normalized spacial score (nSPS) is 17.4. The minimum absolute atomic E-state index is 0.0394. The molecule has 0 radical (unpaired) electrons. The fourth-order valence-electron chi connectivity index (χ4n) is 3.12. The van der Waals surface area contributed by atoms with Gasteiger partial charge in [-0.25, -0.2) is 9.97 Å². The van der Waals surface area contributed by atoms with E-state index in [1.807, 2.05) is 41.6 Å². The number of aliphatic imine (C=N–C) groups is 1. The van der Waals surface area contributed by atoms with Gasteiger partial charge in [0.25, 0.3) is 0 Å². The van der Waals surface area contributed by atoms with Gasteiger partial charge in [0.2, 0.25) is 5.91 Å². The Balaban J connectivity index is 1.53. The van der Waals surface area contributed by atoms with Crippen LogP contribution in [0.2, 0.25) is 0 Å². The molecule has 0 saturated carbocycles. The van der Waals surface area contributed by atoms with Gasteiger partial charge in [0.1, 0.15) is 12.1 Å². The number of hydrogen-bond donors (Lipinski definition) is 2. The van der Waals surface area contributed by atoms with Gasteiger partial charge >= 0.3 is 0 Å². The largest absolute Gasteiger partial charge is 0.352 e. The van der Waals surface area contributed by atoms with Gasteiger partial charge in [-0.2, -0.15) is 0 Å². The number of guanidine groups is 1. The van der Waals surface area contributed by atoms with Crippen LogP contribution >= 0.6 is 0 Å². The quantitative estimate of drug-likeness (QED) is 0.611. The molecule has 0 aliphatic carbocycles. The van der Waals surface area contributed by atoms with Crippen molar-refractivity contribution in [3.05, 3.63) is 42.6 Å². The second-order valence-electron chi connectivity index (χ2n) is 6.99. The number of imidazole rings is 1. The summed E-state index contributed by atoms with van der Waals surface area (Å²) in [7, 11) is 1.75. The molecule has 2 aromatic rings. The Morgan fingerprint density at radius 2 is 2.26 bits per heavy atom. The van der Waals surface area contributed by atoms with Gasteiger partial charge in [0.15, 0.2) is 5.96 Å². The van der Waals surface area contributed by atoms with E-state index in [1.54, 1.807) is 25.8 Å². The SMILES string of the molecule is CN=C(NCc1ccnc(-n2ccnc2)c1)NC1CCN(C(=O)C(C)C)C1. The Labute approximate surface area is 159 Å². The lowest BCUT2D eigenvalue weighted by Gasteiger charge is -2.20. The number of likely N-dealkylation sites (tertiary alicyclic amines) is 1. The van der Waals surface area contributed by atoms with Crippen LogP contribution in [0.4, 0.5) is 0 Å². The highest BCUT2D eigenvalue weighted by atomic mass is 16.2. The first-order valence-corrected chi connectivity index (χ1v) is 9.26. The molecule has 0 spiro atoms. The number of nitrogens with zero attached hydrogens (tertiary/aromatic N) is 5. The smallest absolute Gasteiger partial charge is 0.225 e. The average Bonchev–Trinajstić information content (AvgIpc) is 3.36. The maximum atomic E-state index is 12.1. The lowest BCUT2D eigenvalue weighted by molar-refractivity contribution is -0.133. The topological polar surface area (TPSA) is 87.4 Å². The van der Waals surface area contributed by atoms with Crippen molar-refractivity contribution in [2.75, 3.05) is 20.1 Å². The van der Waals surface area contributed by atoms with Crippen LogP contribution in [0, 0.1) is 5.92 Å². The molecular formula is C19H27N7O. The fourth-order valence-corrected chi connectivity index (χ4v) is 3.12. The molecule has 2 aromatic heterocycles. The molecule has 2 N–H and O–H groups in total. The van der Waals surface area contributed by atoms with Gasteiger partial charge in [-0.3, -0.25) is 14.4 Å². The number of rotatable bonds is 5. The zero-order chi connectivity index (χ0) is 19.2. The number of carbonyl (C=O) groups excluding carboxylic acids is 1. The third-order valence-electron chi connectivity index (χ3n) is 4.60. The van der Waals surface area contributed by atoms with Crippen LogP contribution in [0.5, 0.6) is 0 Å². The molecule has 3 heterocycles. The third kappa shape index (κ3) is 4.84. The molecule has 1 aliphatic heterocycles. The van der Waals surface area contributed by atoms with Crippen molar-refractivity contribution in [3.8, 4) is 5.82 Å². The van der Waals surface area contributed by atoms with E-state index < -0.39 is 0 Å². The van der Waals surface area contributed by atoms with Crippen molar-refractivity contribution in [2.45, 2.75) is 32.9 Å². The van der Waals surface area contributed by atoms with Gasteiger partial charge in [-0.05, 0) is 24.1 Å². The van der Waals surface area contributed by atoms with Crippen LogP contribution < -0.4 is 10.6 Å². The lowest BCUT2D eigenvalue weighted by atomic mass is 10.2. The Morgan fingerprint density at radius 1 is 1.41 bits per heavy atom. The van der Waals surface area contributed by atoms with Gasteiger partial charge in [0.05, 0.1) is 0 Å². The molecule has 27 heavy (non-hydrogen) atoms. The number of carbonyl (C=O) groups is 1. The summed E-state index contributed by atoms with van der Waals surface area (Å²) in [5.41, 5.74) is 1.10. The molecule has 8 heteroatoms. The molecule has 0 bridgehead atoms. The van der Waals surface area contributed by atoms with E-state index in [0.717, 1.165) is 36.9 Å². The van der Waals surface area contributed by atoms with Crippen molar-refractivity contribution >= 4 is 11.9 Å². The van der Waals surface area contributed by atoms with Crippen molar-refractivity contribution in [1.82, 2.24) is 30.1 Å². The lowest BCUT2D eigenvalue weighted by Crippen LogP contribution is -2.45. The maximum Gasteiger partial charge on any atom is 0.225 e. The zero-order valence-electron chi connectivity index (χ0n) is 16.1. The van der Waals surface area contributed by atoms with Gasteiger partial charge in [0, 0.05) is 57.2 Å². The summed E-state index contributed by atoms with van der Waals surface area (Å²) in [5, 5.41) is 6.75. The summed E-state index contributed by atoms with van der Waals surface area (Å²) in [4.78, 5) is 26.8. The second-order valence-corrected chi connectivity index (χ2v) is 6.99. The van der Waals surface area contributed by atoms with E-state index >= 15 is 0 Å². The average molecular weight is 369 g/mol. The predicted molar refractivity (Wildman–Crippen MR) is 105 cm³/mol. The number of aromatic nitrogens is 3. The van der Waals surface area contributed by atoms with E-state index in [2.05, 4.69) is 25.6 Å². The van der Waals surface area contributed by atoms with Gasteiger partial charge < -0.3 is 15.5 Å². The summed E-state index contributed by atoms with van der Waals surface area (Å²) in [6, 6.07) is 4.21. The molecule has 1 unspecified atom stereocenters. The molecule has 1 fully saturated rings. The van der Waals surface area contributed by atoms with E-state index in [-0.39, 0.29) is 17.9 Å². The minimum atomic E-state index is 0.0394. The summed E-state index contributed by atoms with van der Waals surface area (Å²) in [6.45, 7) is 6.03. The van der Waals surface area contributed by atoms with Crippen LogP contribution in [0.1, 0.15) is 25.8 Å². The molecule has 1 saturated heterocycles. The van der Waals surface area contributed by atoms with Crippen molar-refractivity contribution in [3.63, 3.8) is 0 Å². The number of hydrogen-bond acceptors (Lipinski definition) is 4. The molecule has 0 aromatic carbocycles. The van der Waals surface area contributed by atoms with Crippen LogP contribution in [-0.2, 0) is 11.3 Å². The minimum Gasteiger partial charge on any atom is -0.352 e. The van der Waals surface area contributed by atoms with Crippen LogP contribution in [0.25, 0.3) is 5.82 Å². The van der Waals surface area contributed by atoms with Gasteiger partial charge in [-0.15, -0.1) is 0 Å². The third-order valence-corrected chi connectivity index (χ3v) is 4.60. The first-order valence-electron chi connectivity index (χ1n) is 9.26. The monoisotopic (exact) mass is 369 g/mol. The fraction of sp³-hybridized carbons (Fsp3) is 0.474. The molecule has 1 atom stereocenters. The van der Waals surface area contributed by atoms with E-state index in [1.165, 1.54) is 0 Å². The van der Waals surface area contributed by atoms with E-state index in [9.17, 15) is 4.79 Å². The molecule has 8 nitrogen and oxygen atoms in total. The molecular weight excluding hydrogens is 342 g/mol. The van der Waals surface area contributed by atoms with Crippen LogP contribution in [0.15, 0.2) is 42.0 Å². The van der Waals surface area contributed by atoms with E-state index in [0.29, 0.717) is 6.54 Å².